The van der Waals surface area contributed by atoms with E-state index in [1.165, 1.54) is 0 Å². The number of carboxylic acids is 1. The van der Waals surface area contributed by atoms with Crippen LogP contribution in [-0.2, 0) is 6.54 Å². The van der Waals surface area contributed by atoms with Gasteiger partial charge in [-0.05, 0) is 23.8 Å². The van der Waals surface area contributed by atoms with E-state index in [-0.39, 0.29) is 11.5 Å². The Hall–Kier alpha value is -2.64. The van der Waals surface area contributed by atoms with Crippen LogP contribution in [0.5, 0.6) is 0 Å². The van der Waals surface area contributed by atoms with Crippen LogP contribution in [0, 0.1) is 0 Å². The van der Waals surface area contributed by atoms with Gasteiger partial charge in [-0.1, -0.05) is 12.1 Å². The van der Waals surface area contributed by atoms with Crippen molar-refractivity contribution in [1.29, 1.82) is 0 Å². The number of aliphatic hydroxyl groups excluding tert-OH is 1. The Kier molecular flexibility index (Phi) is 5.16. The van der Waals surface area contributed by atoms with Gasteiger partial charge in [-0.2, -0.15) is 0 Å². The number of nitrogens with zero attached hydrogens (tertiary/aromatic N) is 2. The number of carboxylic acid groups (broad SMARTS) is 1. The molecule has 1 aromatic heterocycles. The Morgan fingerprint density at radius 1 is 1.08 bits per heavy atom. The minimum Gasteiger partial charge on any atom is -0.478 e. The Balaban J connectivity index is 1.63. The number of β-amino-alcohol motifs (C(OH)–C–C–N with tert-alkyl or cyclic N) is 1. The summed E-state index contributed by atoms with van der Waals surface area (Å²) >= 11 is 0. The van der Waals surface area contributed by atoms with E-state index in [0.29, 0.717) is 38.3 Å². The largest absolute Gasteiger partial charge is 0.478 e. The highest BCUT2D eigenvalue weighted by molar-refractivity contribution is 5.94. The van der Waals surface area contributed by atoms with Gasteiger partial charge < -0.3 is 20.1 Å². The van der Waals surface area contributed by atoms with Crippen molar-refractivity contribution in [3.05, 3.63) is 59.4 Å². The second-order valence-corrected chi connectivity index (χ2v) is 6.24. The number of rotatable bonds is 4. The van der Waals surface area contributed by atoms with Gasteiger partial charge in [0.1, 0.15) is 0 Å². The van der Waals surface area contributed by atoms with Crippen molar-refractivity contribution >= 4 is 11.9 Å². The van der Waals surface area contributed by atoms with E-state index in [0.717, 1.165) is 5.56 Å². The van der Waals surface area contributed by atoms with Crippen LogP contribution < -0.4 is 0 Å². The van der Waals surface area contributed by atoms with Gasteiger partial charge in [-0.15, -0.1) is 0 Å². The third-order valence-electron chi connectivity index (χ3n) is 4.33. The second-order valence-electron chi connectivity index (χ2n) is 6.24. The molecule has 1 atom stereocenters. The van der Waals surface area contributed by atoms with Gasteiger partial charge in [-0.3, -0.25) is 9.69 Å². The molecular weight excluding hydrogens is 322 g/mol. The number of benzene rings is 1. The summed E-state index contributed by atoms with van der Waals surface area (Å²) in [5, 5.41) is 19.2. The fourth-order valence-electron chi connectivity index (χ4n) is 3.03. The zero-order chi connectivity index (χ0) is 17.8. The fraction of sp³-hybridized carbons (Fsp3) is 0.333. The third kappa shape index (κ3) is 4.26. The average molecular weight is 343 g/mol. The molecule has 0 aliphatic carbocycles. The van der Waals surface area contributed by atoms with Crippen LogP contribution in [0.25, 0.3) is 0 Å². The molecule has 2 heterocycles. The molecule has 25 heavy (non-hydrogen) atoms. The molecule has 7 nitrogen and oxygen atoms in total. The van der Waals surface area contributed by atoms with Gasteiger partial charge in [0.05, 0.1) is 17.2 Å². The minimum atomic E-state index is -0.948. The average Bonchev–Trinajstić information content (AvgIpc) is 3.06. The number of aromatic carboxylic acids is 1. The normalized spacial score (nSPS) is 18.8. The smallest absolute Gasteiger partial charge is 0.335 e. The lowest BCUT2D eigenvalue weighted by atomic mass is 10.1. The Morgan fingerprint density at radius 3 is 2.48 bits per heavy atom. The topological polar surface area (TPSA) is 96.9 Å². The van der Waals surface area contributed by atoms with Crippen molar-refractivity contribution < 1.29 is 19.8 Å². The molecule has 0 bridgehead atoms. The van der Waals surface area contributed by atoms with Crippen molar-refractivity contribution in [1.82, 2.24) is 14.8 Å². The molecule has 1 aromatic carbocycles. The molecule has 1 fully saturated rings. The van der Waals surface area contributed by atoms with Crippen LogP contribution in [0.2, 0.25) is 0 Å². The van der Waals surface area contributed by atoms with Crippen LogP contribution in [0.15, 0.2) is 42.7 Å². The van der Waals surface area contributed by atoms with Gasteiger partial charge >= 0.3 is 5.97 Å². The fourth-order valence-corrected chi connectivity index (χ4v) is 3.03. The standard InChI is InChI=1S/C18H21N3O4/c22-16-11-20(10-13-1-3-14(4-2-13)18(24)25)7-8-21(12-16)17(23)15-5-6-19-9-15/h1-6,9,16,19,22H,7-8,10-12H2,(H,24,25)/t16-/m1/s1. The van der Waals surface area contributed by atoms with Crippen molar-refractivity contribution in [2.75, 3.05) is 26.2 Å². The number of carbonyl (C=O) groups is 2. The van der Waals surface area contributed by atoms with Crippen LogP contribution in [-0.4, -0.2) is 69.2 Å². The molecule has 1 aliphatic rings. The van der Waals surface area contributed by atoms with Crippen molar-refractivity contribution in [2.45, 2.75) is 12.6 Å². The summed E-state index contributed by atoms with van der Waals surface area (Å²) in [5.74, 6) is -1.04. The van der Waals surface area contributed by atoms with Gasteiger partial charge in [-0.25, -0.2) is 4.79 Å². The highest BCUT2D eigenvalue weighted by Crippen LogP contribution is 2.13. The molecule has 0 saturated carbocycles. The molecule has 1 aliphatic heterocycles. The second kappa shape index (κ2) is 7.50. The summed E-state index contributed by atoms with van der Waals surface area (Å²) < 4.78 is 0. The molecule has 3 N–H and O–H groups in total. The third-order valence-corrected chi connectivity index (χ3v) is 4.33. The number of H-pyrrole nitrogens is 1. The molecule has 0 unspecified atom stereocenters. The summed E-state index contributed by atoms with van der Waals surface area (Å²) in [6.07, 6.45) is 2.74. The number of aliphatic hydroxyl groups is 1. The first-order valence-corrected chi connectivity index (χ1v) is 8.17. The predicted octanol–water partition coefficient (Wildman–Crippen LogP) is 1.03. The summed E-state index contributed by atoms with van der Waals surface area (Å²) in [6, 6.07) is 8.44. The van der Waals surface area contributed by atoms with Crippen molar-refractivity contribution in [2.24, 2.45) is 0 Å². The lowest BCUT2D eigenvalue weighted by Crippen LogP contribution is -2.37. The van der Waals surface area contributed by atoms with Gasteiger partial charge in [0, 0.05) is 45.1 Å². The number of aromatic nitrogens is 1. The van der Waals surface area contributed by atoms with E-state index in [1.54, 1.807) is 47.6 Å². The quantitative estimate of drug-likeness (QED) is 0.770. The molecule has 1 saturated heterocycles. The van der Waals surface area contributed by atoms with Crippen LogP contribution in [0.1, 0.15) is 26.3 Å². The van der Waals surface area contributed by atoms with Crippen LogP contribution in [0.3, 0.4) is 0 Å². The van der Waals surface area contributed by atoms with Crippen molar-refractivity contribution in [3.63, 3.8) is 0 Å². The van der Waals surface area contributed by atoms with E-state index < -0.39 is 12.1 Å². The number of carbonyl (C=O) groups excluding carboxylic acids is 1. The predicted molar refractivity (Wildman–Crippen MR) is 91.4 cm³/mol. The molecule has 1 amide bonds. The van der Waals surface area contributed by atoms with E-state index >= 15 is 0 Å². The maximum Gasteiger partial charge on any atom is 0.335 e. The lowest BCUT2D eigenvalue weighted by molar-refractivity contribution is 0.0662. The maximum absolute atomic E-state index is 12.4. The van der Waals surface area contributed by atoms with E-state index in [4.69, 9.17) is 5.11 Å². The SMILES string of the molecule is O=C(O)c1ccc(CN2CCN(C(=O)c3cc[nH]c3)C[C@H](O)C2)cc1. The molecule has 0 spiro atoms. The molecule has 7 heteroatoms. The lowest BCUT2D eigenvalue weighted by Gasteiger charge is -2.21. The first kappa shape index (κ1) is 17.2. The highest BCUT2D eigenvalue weighted by Gasteiger charge is 2.25. The zero-order valence-electron chi connectivity index (χ0n) is 13.8. The van der Waals surface area contributed by atoms with Crippen molar-refractivity contribution in [3.8, 4) is 0 Å². The molecule has 132 valence electrons. The summed E-state index contributed by atoms with van der Waals surface area (Å²) in [6.45, 7) is 2.56. The Morgan fingerprint density at radius 2 is 1.84 bits per heavy atom. The number of aromatic amines is 1. The van der Waals surface area contributed by atoms with E-state index in [1.807, 2.05) is 0 Å². The summed E-state index contributed by atoms with van der Waals surface area (Å²) in [4.78, 5) is 30.0. The first-order chi connectivity index (χ1) is 12.0. The van der Waals surface area contributed by atoms with Gasteiger partial charge in [0.15, 0.2) is 0 Å². The Bertz CT molecular complexity index is 727. The molecule has 2 aromatic rings. The number of nitrogens with one attached hydrogen (secondary N) is 1. The van der Waals surface area contributed by atoms with E-state index in [9.17, 15) is 14.7 Å². The monoisotopic (exact) mass is 343 g/mol. The van der Waals surface area contributed by atoms with Crippen LogP contribution >= 0.6 is 0 Å². The molecular formula is C18H21N3O4. The van der Waals surface area contributed by atoms with Crippen LogP contribution in [0.4, 0.5) is 0 Å². The van der Waals surface area contributed by atoms with E-state index in [2.05, 4.69) is 9.88 Å². The Labute approximate surface area is 145 Å². The number of amides is 1. The highest BCUT2D eigenvalue weighted by atomic mass is 16.4. The summed E-state index contributed by atoms with van der Waals surface area (Å²) in [5.41, 5.74) is 1.82. The van der Waals surface area contributed by atoms with Gasteiger partial charge in [0.2, 0.25) is 0 Å². The zero-order valence-corrected chi connectivity index (χ0v) is 13.8. The number of hydrogen-bond acceptors (Lipinski definition) is 4. The maximum atomic E-state index is 12.4. The van der Waals surface area contributed by atoms with Gasteiger partial charge in [0.25, 0.3) is 5.91 Å². The first-order valence-electron chi connectivity index (χ1n) is 8.17. The molecule has 3 rings (SSSR count). The number of hydrogen-bond donors (Lipinski definition) is 3. The molecule has 0 radical (unpaired) electrons. The minimum absolute atomic E-state index is 0.0899. The summed E-state index contributed by atoms with van der Waals surface area (Å²) in [7, 11) is 0.